The quantitative estimate of drug-likeness (QED) is 0.549. The zero-order chi connectivity index (χ0) is 18.8. The smallest absolute Gasteiger partial charge is 0.264 e. The molecule has 1 aliphatic heterocycles. The van der Waals surface area contributed by atoms with Gasteiger partial charge in [0.15, 0.2) is 0 Å². The van der Waals surface area contributed by atoms with Crippen LogP contribution >= 0.6 is 0 Å². The minimum absolute atomic E-state index is 0.0609. The highest BCUT2D eigenvalue weighted by molar-refractivity contribution is 7.85. The van der Waals surface area contributed by atoms with Gasteiger partial charge in [0.2, 0.25) is 6.34 Å². The van der Waals surface area contributed by atoms with Crippen molar-refractivity contribution in [2.75, 3.05) is 30.9 Å². The molecular weight excluding hydrogens is 336 g/mol. The van der Waals surface area contributed by atoms with Gasteiger partial charge in [0.25, 0.3) is 10.1 Å². The van der Waals surface area contributed by atoms with E-state index in [2.05, 4.69) is 62.6 Å². The largest absolute Gasteiger partial charge is 0.266 e. The van der Waals surface area contributed by atoms with Crippen molar-refractivity contribution in [1.29, 1.82) is 0 Å². The SMILES string of the molecule is Cc1cc(C)c(N2C=[N+]([C@H](COS(C)(=O)=O)CC(C)C)CC2)c(C)c1. The molecule has 1 aromatic carbocycles. The Morgan fingerprint density at radius 2 is 1.80 bits per heavy atom. The van der Waals surface area contributed by atoms with Crippen molar-refractivity contribution in [3.05, 3.63) is 28.8 Å². The zero-order valence-corrected chi connectivity index (χ0v) is 17.1. The van der Waals surface area contributed by atoms with Crippen molar-refractivity contribution in [3.8, 4) is 0 Å². The molecular formula is C19H31N2O3S+. The third kappa shape index (κ3) is 5.54. The number of anilines is 1. The Morgan fingerprint density at radius 1 is 1.20 bits per heavy atom. The Balaban J connectivity index is 2.24. The Morgan fingerprint density at radius 3 is 2.32 bits per heavy atom. The molecule has 0 fully saturated rings. The average Bonchev–Trinajstić information content (AvgIpc) is 2.90. The number of rotatable bonds is 7. The molecule has 140 valence electrons. The van der Waals surface area contributed by atoms with Crippen LogP contribution < -0.4 is 4.90 Å². The summed E-state index contributed by atoms with van der Waals surface area (Å²) in [5.74, 6) is 0.471. The first-order valence-electron chi connectivity index (χ1n) is 8.86. The summed E-state index contributed by atoms with van der Waals surface area (Å²) in [5, 5.41) is 0. The van der Waals surface area contributed by atoms with E-state index in [4.69, 9.17) is 4.18 Å². The molecule has 1 aliphatic rings. The second-order valence-corrected chi connectivity index (χ2v) is 9.21. The summed E-state index contributed by atoms with van der Waals surface area (Å²) < 4.78 is 30.1. The third-order valence-corrected chi connectivity index (χ3v) is 5.06. The molecule has 6 heteroatoms. The van der Waals surface area contributed by atoms with E-state index in [-0.39, 0.29) is 12.6 Å². The molecule has 1 atom stereocenters. The summed E-state index contributed by atoms with van der Waals surface area (Å²) >= 11 is 0. The van der Waals surface area contributed by atoms with Gasteiger partial charge in [-0.3, -0.25) is 8.76 Å². The summed E-state index contributed by atoms with van der Waals surface area (Å²) in [7, 11) is -3.42. The summed E-state index contributed by atoms with van der Waals surface area (Å²) in [4.78, 5) is 2.28. The van der Waals surface area contributed by atoms with Gasteiger partial charge in [-0.2, -0.15) is 8.42 Å². The molecule has 0 radical (unpaired) electrons. The minimum atomic E-state index is -3.42. The van der Waals surface area contributed by atoms with Crippen molar-refractivity contribution in [2.45, 2.75) is 47.1 Å². The Hall–Kier alpha value is -1.40. The van der Waals surface area contributed by atoms with E-state index >= 15 is 0 Å². The third-order valence-electron chi connectivity index (χ3n) is 4.50. The predicted octanol–water partition coefficient (Wildman–Crippen LogP) is 2.86. The molecule has 0 saturated heterocycles. The molecule has 0 amide bonds. The monoisotopic (exact) mass is 367 g/mol. The molecule has 25 heavy (non-hydrogen) atoms. The molecule has 0 spiro atoms. The first kappa shape index (κ1) is 19.9. The molecule has 2 rings (SSSR count). The maximum atomic E-state index is 11.4. The molecule has 0 unspecified atom stereocenters. The van der Waals surface area contributed by atoms with Crippen LogP contribution in [0.5, 0.6) is 0 Å². The lowest BCUT2D eigenvalue weighted by Gasteiger charge is -2.18. The molecule has 5 nitrogen and oxygen atoms in total. The Labute approximate surface area is 152 Å². The first-order chi connectivity index (χ1) is 11.6. The van der Waals surface area contributed by atoms with Gasteiger partial charge < -0.3 is 0 Å². The lowest BCUT2D eigenvalue weighted by Crippen LogP contribution is -2.33. The predicted molar refractivity (Wildman–Crippen MR) is 103 cm³/mol. The molecule has 1 aromatic rings. The fourth-order valence-electron chi connectivity index (χ4n) is 3.64. The van der Waals surface area contributed by atoms with Crippen LogP contribution in [-0.2, 0) is 14.3 Å². The number of benzene rings is 1. The summed E-state index contributed by atoms with van der Waals surface area (Å²) in [6.45, 7) is 12.7. The van der Waals surface area contributed by atoms with Gasteiger partial charge in [-0.05, 0) is 44.2 Å². The van der Waals surface area contributed by atoms with E-state index < -0.39 is 10.1 Å². The lowest BCUT2D eigenvalue weighted by molar-refractivity contribution is -0.557. The zero-order valence-electron chi connectivity index (χ0n) is 16.2. The van der Waals surface area contributed by atoms with E-state index in [0.717, 1.165) is 25.8 Å². The lowest BCUT2D eigenvalue weighted by atomic mass is 10.0. The number of nitrogens with zero attached hydrogens (tertiary/aromatic N) is 2. The summed E-state index contributed by atoms with van der Waals surface area (Å²) in [6, 6.07) is 4.47. The van der Waals surface area contributed by atoms with Gasteiger partial charge in [-0.1, -0.05) is 31.5 Å². The number of hydrogen-bond acceptors (Lipinski definition) is 4. The highest BCUT2D eigenvalue weighted by Gasteiger charge is 2.30. The van der Waals surface area contributed by atoms with Crippen molar-refractivity contribution in [1.82, 2.24) is 0 Å². The topological polar surface area (TPSA) is 49.6 Å². The second-order valence-electron chi connectivity index (χ2n) is 7.57. The fraction of sp³-hybridized carbons (Fsp3) is 0.632. The second kappa shape index (κ2) is 7.87. The van der Waals surface area contributed by atoms with Crippen LogP contribution in [0.3, 0.4) is 0 Å². The Kier molecular flexibility index (Phi) is 6.27. The van der Waals surface area contributed by atoms with Crippen molar-refractivity contribution in [3.63, 3.8) is 0 Å². The molecule has 0 saturated carbocycles. The van der Waals surface area contributed by atoms with E-state index in [0.29, 0.717) is 5.92 Å². The van der Waals surface area contributed by atoms with Gasteiger partial charge in [-0.25, -0.2) is 4.90 Å². The molecule has 0 bridgehead atoms. The van der Waals surface area contributed by atoms with Crippen LogP contribution in [0.2, 0.25) is 0 Å². The molecule has 0 N–H and O–H groups in total. The van der Waals surface area contributed by atoms with Crippen LogP contribution in [-0.4, -0.2) is 51.3 Å². The summed E-state index contributed by atoms with van der Waals surface area (Å²) in [6.07, 6.45) is 4.13. The fourth-order valence-corrected chi connectivity index (χ4v) is 4.04. The van der Waals surface area contributed by atoms with E-state index in [1.165, 1.54) is 22.4 Å². The van der Waals surface area contributed by atoms with E-state index in [1.54, 1.807) is 0 Å². The molecule has 0 aromatic heterocycles. The van der Waals surface area contributed by atoms with Crippen molar-refractivity contribution >= 4 is 22.1 Å². The minimum Gasteiger partial charge on any atom is -0.266 e. The highest BCUT2D eigenvalue weighted by Crippen LogP contribution is 2.27. The normalized spacial score (nSPS) is 16.4. The van der Waals surface area contributed by atoms with E-state index in [1.807, 2.05) is 0 Å². The van der Waals surface area contributed by atoms with Crippen molar-refractivity contribution < 1.29 is 17.2 Å². The van der Waals surface area contributed by atoms with Gasteiger partial charge in [0.05, 0.1) is 6.26 Å². The average molecular weight is 368 g/mol. The number of aryl methyl sites for hydroxylation is 3. The van der Waals surface area contributed by atoms with Gasteiger partial charge in [0.1, 0.15) is 31.4 Å². The maximum absolute atomic E-state index is 11.4. The van der Waals surface area contributed by atoms with Gasteiger partial charge in [-0.15, -0.1) is 0 Å². The van der Waals surface area contributed by atoms with Crippen LogP contribution in [0.4, 0.5) is 5.69 Å². The maximum Gasteiger partial charge on any atom is 0.264 e. The molecule has 0 aliphatic carbocycles. The van der Waals surface area contributed by atoms with Gasteiger partial charge in [0, 0.05) is 0 Å². The van der Waals surface area contributed by atoms with Crippen molar-refractivity contribution in [2.24, 2.45) is 5.92 Å². The summed E-state index contributed by atoms with van der Waals surface area (Å²) in [5.41, 5.74) is 5.06. The van der Waals surface area contributed by atoms with Crippen LogP contribution in [0.25, 0.3) is 0 Å². The van der Waals surface area contributed by atoms with Crippen LogP contribution in [0, 0.1) is 26.7 Å². The van der Waals surface area contributed by atoms with E-state index in [9.17, 15) is 8.42 Å². The Bertz CT molecular complexity index is 731. The highest BCUT2D eigenvalue weighted by atomic mass is 32.2. The first-order valence-corrected chi connectivity index (χ1v) is 10.7. The molecule has 1 heterocycles. The van der Waals surface area contributed by atoms with Crippen LogP contribution in [0.15, 0.2) is 12.1 Å². The number of hydrogen-bond donors (Lipinski definition) is 0. The standard InChI is InChI=1S/C19H31N2O3S/c1-14(2)9-18(12-24-25(6,22)23)20-7-8-21(13-20)19-16(4)10-15(3)11-17(19)5/h10-11,13-14,18H,7-9,12H2,1-6H3/q+1/t18-/m0/s1. The van der Waals surface area contributed by atoms with Gasteiger partial charge >= 0.3 is 0 Å². The van der Waals surface area contributed by atoms with Crippen LogP contribution in [0.1, 0.15) is 37.0 Å².